The van der Waals surface area contributed by atoms with Crippen LogP contribution in [0.4, 0.5) is 0 Å². The van der Waals surface area contributed by atoms with Gasteiger partial charge in [0.2, 0.25) is 0 Å². The lowest BCUT2D eigenvalue weighted by atomic mass is 10.4. The summed E-state index contributed by atoms with van der Waals surface area (Å²) >= 11 is 0. The van der Waals surface area contributed by atoms with Crippen molar-refractivity contribution in [3.63, 3.8) is 0 Å². The van der Waals surface area contributed by atoms with Crippen molar-refractivity contribution >= 4 is 6.08 Å². The molecule has 0 amide bonds. The molecule has 39 valence electrons. The fourth-order valence-electron chi connectivity index (χ4n) is 0.449. The van der Waals surface area contributed by atoms with E-state index in [0.717, 1.165) is 5.69 Å². The first-order valence-corrected chi connectivity index (χ1v) is 2.38. The molecule has 0 spiro atoms. The summed E-state index contributed by atoms with van der Waals surface area (Å²) in [5.41, 5.74) is 0.799. The molecule has 0 atom stereocenters. The van der Waals surface area contributed by atoms with E-state index in [9.17, 15) is 0 Å². The number of hydrogen-bond acceptors (Lipinski definition) is 1. The second-order valence-corrected chi connectivity index (χ2v) is 1.37. The van der Waals surface area contributed by atoms with E-state index in [-0.39, 0.29) is 0 Å². The van der Waals surface area contributed by atoms with E-state index in [4.69, 9.17) is 0 Å². The molecular formula is C7H6N. The van der Waals surface area contributed by atoms with Crippen molar-refractivity contribution in [1.82, 2.24) is 4.98 Å². The van der Waals surface area contributed by atoms with E-state index < -0.39 is 0 Å². The van der Waals surface area contributed by atoms with Gasteiger partial charge in [0.25, 0.3) is 0 Å². The van der Waals surface area contributed by atoms with Crippen LogP contribution < -0.4 is 0 Å². The van der Waals surface area contributed by atoms with Crippen LogP contribution in [0.15, 0.2) is 24.9 Å². The first-order valence-electron chi connectivity index (χ1n) is 2.38. The van der Waals surface area contributed by atoms with Crippen LogP contribution in [-0.2, 0) is 0 Å². The SMILES string of the molecule is C=Cc1[c]cccn1. The first kappa shape index (κ1) is 5.04. The topological polar surface area (TPSA) is 12.9 Å². The summed E-state index contributed by atoms with van der Waals surface area (Å²) in [6.07, 6.45) is 3.38. The normalized spacial score (nSPS) is 8.50. The molecular weight excluding hydrogens is 98.1 g/mol. The average molecular weight is 104 g/mol. The van der Waals surface area contributed by atoms with Crippen molar-refractivity contribution in [2.24, 2.45) is 0 Å². The zero-order valence-corrected chi connectivity index (χ0v) is 4.46. The monoisotopic (exact) mass is 104 g/mol. The lowest BCUT2D eigenvalue weighted by Crippen LogP contribution is -1.74. The van der Waals surface area contributed by atoms with E-state index >= 15 is 0 Å². The van der Waals surface area contributed by atoms with E-state index in [1.54, 1.807) is 12.3 Å². The Bertz CT molecular complexity index is 167. The van der Waals surface area contributed by atoms with Crippen molar-refractivity contribution < 1.29 is 0 Å². The second kappa shape index (κ2) is 2.26. The molecule has 1 nitrogen and oxygen atoms in total. The van der Waals surface area contributed by atoms with E-state index in [1.165, 1.54) is 0 Å². The third-order valence-corrected chi connectivity index (χ3v) is 0.820. The molecule has 0 N–H and O–H groups in total. The third-order valence-electron chi connectivity index (χ3n) is 0.820. The van der Waals surface area contributed by atoms with Gasteiger partial charge >= 0.3 is 0 Å². The minimum Gasteiger partial charge on any atom is -0.256 e. The Labute approximate surface area is 48.7 Å². The fraction of sp³-hybridized carbons (Fsp3) is 0. The Morgan fingerprint density at radius 2 is 2.62 bits per heavy atom. The molecule has 1 radical (unpaired) electrons. The summed E-state index contributed by atoms with van der Waals surface area (Å²) in [4.78, 5) is 3.92. The van der Waals surface area contributed by atoms with Crippen LogP contribution in [0.1, 0.15) is 5.69 Å². The molecule has 1 aromatic heterocycles. The lowest BCUT2D eigenvalue weighted by Gasteiger charge is -1.83. The Morgan fingerprint density at radius 1 is 1.75 bits per heavy atom. The van der Waals surface area contributed by atoms with Gasteiger partial charge < -0.3 is 0 Å². The predicted molar refractivity (Wildman–Crippen MR) is 33.2 cm³/mol. The van der Waals surface area contributed by atoms with Crippen LogP contribution >= 0.6 is 0 Å². The molecule has 1 aromatic rings. The highest BCUT2D eigenvalue weighted by Crippen LogP contribution is 1.90. The van der Waals surface area contributed by atoms with Crippen LogP contribution in [0.5, 0.6) is 0 Å². The smallest absolute Gasteiger partial charge is 0.0702 e. The van der Waals surface area contributed by atoms with E-state index in [2.05, 4.69) is 17.6 Å². The summed E-state index contributed by atoms with van der Waals surface area (Å²) in [6.45, 7) is 3.54. The standard InChI is InChI=1S/C7H6N/c1-2-7-5-3-4-6-8-7/h2-4,6H,1H2. The molecule has 0 aromatic carbocycles. The quantitative estimate of drug-likeness (QED) is 0.526. The third kappa shape index (κ3) is 0.936. The number of nitrogens with zero attached hydrogens (tertiary/aromatic N) is 1. The largest absolute Gasteiger partial charge is 0.256 e. The van der Waals surface area contributed by atoms with Crippen molar-refractivity contribution in [3.05, 3.63) is 36.7 Å². The van der Waals surface area contributed by atoms with Gasteiger partial charge in [-0.05, 0) is 12.1 Å². The molecule has 0 fully saturated rings. The van der Waals surface area contributed by atoms with Crippen LogP contribution in [0.3, 0.4) is 0 Å². The molecule has 1 heterocycles. The highest BCUT2D eigenvalue weighted by atomic mass is 14.6. The molecule has 0 aliphatic rings. The number of pyridine rings is 1. The Balaban J connectivity index is 2.99. The van der Waals surface area contributed by atoms with Crippen LogP contribution in [-0.4, -0.2) is 4.98 Å². The van der Waals surface area contributed by atoms with Crippen LogP contribution in [0, 0.1) is 6.07 Å². The molecule has 1 rings (SSSR count). The summed E-state index contributed by atoms with van der Waals surface area (Å²) in [6, 6.07) is 6.52. The van der Waals surface area contributed by atoms with Gasteiger partial charge in [0.05, 0.1) is 5.69 Å². The van der Waals surface area contributed by atoms with Gasteiger partial charge in [0.1, 0.15) is 0 Å². The highest BCUT2D eigenvalue weighted by Gasteiger charge is 1.78. The number of aromatic nitrogens is 1. The lowest BCUT2D eigenvalue weighted by molar-refractivity contribution is 1.29. The van der Waals surface area contributed by atoms with Gasteiger partial charge in [-0.3, -0.25) is 4.98 Å². The molecule has 0 saturated heterocycles. The maximum Gasteiger partial charge on any atom is 0.0702 e. The number of rotatable bonds is 1. The maximum atomic E-state index is 3.92. The summed E-state index contributed by atoms with van der Waals surface area (Å²) < 4.78 is 0. The fourth-order valence-corrected chi connectivity index (χ4v) is 0.449. The van der Waals surface area contributed by atoms with Gasteiger partial charge in [-0.2, -0.15) is 0 Å². The first-order chi connectivity index (χ1) is 3.93. The van der Waals surface area contributed by atoms with Gasteiger partial charge in [0, 0.05) is 12.3 Å². The molecule has 0 aliphatic carbocycles. The van der Waals surface area contributed by atoms with E-state index in [1.807, 2.05) is 12.1 Å². The highest BCUT2D eigenvalue weighted by molar-refractivity contribution is 5.39. The van der Waals surface area contributed by atoms with Crippen LogP contribution in [0.2, 0.25) is 0 Å². The summed E-state index contributed by atoms with van der Waals surface area (Å²) in [5.74, 6) is 0. The van der Waals surface area contributed by atoms with Crippen molar-refractivity contribution in [2.75, 3.05) is 0 Å². The predicted octanol–water partition coefficient (Wildman–Crippen LogP) is 1.52. The van der Waals surface area contributed by atoms with Crippen LogP contribution in [0.25, 0.3) is 6.08 Å². The van der Waals surface area contributed by atoms with Crippen molar-refractivity contribution in [2.45, 2.75) is 0 Å². The maximum absolute atomic E-state index is 3.92. The molecule has 0 saturated carbocycles. The van der Waals surface area contributed by atoms with Crippen molar-refractivity contribution in [3.8, 4) is 0 Å². The van der Waals surface area contributed by atoms with Gasteiger partial charge in [0.15, 0.2) is 0 Å². The molecule has 0 bridgehead atoms. The zero-order chi connectivity index (χ0) is 5.82. The van der Waals surface area contributed by atoms with E-state index in [0.29, 0.717) is 0 Å². The number of hydrogen-bond donors (Lipinski definition) is 0. The minimum atomic E-state index is 0.799. The van der Waals surface area contributed by atoms with Crippen molar-refractivity contribution in [1.29, 1.82) is 0 Å². The van der Waals surface area contributed by atoms with Gasteiger partial charge in [-0.1, -0.05) is 12.6 Å². The molecule has 8 heavy (non-hydrogen) atoms. The summed E-state index contributed by atoms with van der Waals surface area (Å²) in [5, 5.41) is 0. The molecule has 1 heteroatoms. The van der Waals surface area contributed by atoms with Gasteiger partial charge in [-0.15, -0.1) is 0 Å². The average Bonchev–Trinajstić information content (AvgIpc) is 1.90. The molecule has 0 aliphatic heterocycles. The second-order valence-electron chi connectivity index (χ2n) is 1.37. The Hall–Kier alpha value is -1.11. The summed E-state index contributed by atoms with van der Waals surface area (Å²) in [7, 11) is 0. The Morgan fingerprint density at radius 3 is 3.00 bits per heavy atom. The minimum absolute atomic E-state index is 0.799. The van der Waals surface area contributed by atoms with Gasteiger partial charge in [-0.25, -0.2) is 0 Å². The Kier molecular flexibility index (Phi) is 1.42. The zero-order valence-electron chi connectivity index (χ0n) is 4.46. The molecule has 0 unspecified atom stereocenters.